The number of carbonyl (C=O) groups is 1. The molecule has 27 heavy (non-hydrogen) atoms. The van der Waals surface area contributed by atoms with E-state index in [0.717, 1.165) is 37.5 Å². The molecule has 0 saturated heterocycles. The predicted molar refractivity (Wildman–Crippen MR) is 113 cm³/mol. The number of ether oxygens (including phenoxy) is 1. The van der Waals surface area contributed by atoms with E-state index in [0.29, 0.717) is 5.92 Å². The molecule has 0 aliphatic heterocycles. The van der Waals surface area contributed by atoms with Crippen molar-refractivity contribution < 1.29 is 9.53 Å². The van der Waals surface area contributed by atoms with E-state index in [-0.39, 0.29) is 17.0 Å². The Morgan fingerprint density at radius 1 is 1.04 bits per heavy atom. The van der Waals surface area contributed by atoms with Crippen molar-refractivity contribution in [3.05, 3.63) is 0 Å². The van der Waals surface area contributed by atoms with Gasteiger partial charge in [-0.15, -0.1) is 0 Å². The van der Waals surface area contributed by atoms with Crippen LogP contribution in [0.3, 0.4) is 0 Å². The fourth-order valence-corrected chi connectivity index (χ4v) is 5.78. The summed E-state index contributed by atoms with van der Waals surface area (Å²) in [6.07, 6.45) is 9.20. The SMILES string of the molecule is CCCCC(C)(OC(=O)C(C)(CC(C)(C)C)C(C)(C)N)C1CC2CCC1C2. The van der Waals surface area contributed by atoms with Gasteiger partial charge in [-0.05, 0) is 83.5 Å². The lowest BCUT2D eigenvalue weighted by molar-refractivity contribution is -0.185. The molecule has 0 radical (unpaired) electrons. The van der Waals surface area contributed by atoms with Crippen LogP contribution in [0.1, 0.15) is 107 Å². The van der Waals surface area contributed by atoms with Crippen LogP contribution >= 0.6 is 0 Å². The number of nitrogens with two attached hydrogens (primary N) is 1. The molecule has 0 aromatic carbocycles. The number of carbonyl (C=O) groups excluding carboxylic acids is 1. The number of rotatable bonds is 8. The molecule has 5 unspecified atom stereocenters. The average Bonchev–Trinajstić information content (AvgIpc) is 3.13. The normalized spacial score (nSPS) is 30.0. The summed E-state index contributed by atoms with van der Waals surface area (Å²) in [4.78, 5) is 13.6. The van der Waals surface area contributed by atoms with Gasteiger partial charge in [0.05, 0.1) is 5.41 Å². The maximum atomic E-state index is 13.6. The summed E-state index contributed by atoms with van der Waals surface area (Å²) in [5, 5.41) is 0. The van der Waals surface area contributed by atoms with Crippen LogP contribution in [-0.2, 0) is 9.53 Å². The van der Waals surface area contributed by atoms with E-state index in [1.165, 1.54) is 25.7 Å². The predicted octanol–water partition coefficient (Wildman–Crippen LogP) is 6.09. The largest absolute Gasteiger partial charge is 0.459 e. The smallest absolute Gasteiger partial charge is 0.314 e. The van der Waals surface area contributed by atoms with Gasteiger partial charge in [0.25, 0.3) is 0 Å². The topological polar surface area (TPSA) is 52.3 Å². The maximum absolute atomic E-state index is 13.6. The molecule has 3 heteroatoms. The van der Waals surface area contributed by atoms with Gasteiger partial charge in [0.15, 0.2) is 0 Å². The Balaban J connectivity index is 2.27. The molecular formula is C24H45NO2. The number of esters is 1. The van der Waals surface area contributed by atoms with Gasteiger partial charge in [0, 0.05) is 11.5 Å². The number of hydrogen-bond donors (Lipinski definition) is 1. The Labute approximate surface area is 168 Å². The minimum atomic E-state index is -0.698. The molecule has 0 aromatic heterocycles. The van der Waals surface area contributed by atoms with E-state index < -0.39 is 11.0 Å². The second-order valence-corrected chi connectivity index (χ2v) is 11.9. The molecule has 2 rings (SSSR count). The second-order valence-electron chi connectivity index (χ2n) is 11.9. The van der Waals surface area contributed by atoms with Gasteiger partial charge in [-0.3, -0.25) is 4.79 Å². The minimum Gasteiger partial charge on any atom is -0.459 e. The van der Waals surface area contributed by atoms with E-state index in [2.05, 4.69) is 34.6 Å². The molecule has 5 atom stereocenters. The maximum Gasteiger partial charge on any atom is 0.314 e. The lowest BCUT2D eigenvalue weighted by atomic mass is 9.65. The summed E-state index contributed by atoms with van der Waals surface area (Å²) in [5.41, 5.74) is 4.89. The summed E-state index contributed by atoms with van der Waals surface area (Å²) >= 11 is 0. The van der Waals surface area contributed by atoms with Gasteiger partial charge in [0.1, 0.15) is 5.60 Å². The van der Waals surface area contributed by atoms with E-state index in [1.54, 1.807) is 0 Å². The fourth-order valence-electron chi connectivity index (χ4n) is 5.78. The van der Waals surface area contributed by atoms with Crippen molar-refractivity contribution >= 4 is 5.97 Å². The van der Waals surface area contributed by atoms with Crippen LogP contribution in [0.2, 0.25) is 0 Å². The van der Waals surface area contributed by atoms with Crippen molar-refractivity contribution in [2.75, 3.05) is 0 Å². The standard InChI is InChI=1S/C24H45NO2/c1-9-10-13-24(8,19-15-17-11-12-18(19)14-17)27-20(26)23(7,22(5,6)25)16-21(2,3)4/h17-19H,9-16,25H2,1-8H3. The Hall–Kier alpha value is -0.570. The van der Waals surface area contributed by atoms with Crippen LogP contribution in [-0.4, -0.2) is 17.1 Å². The Bertz CT molecular complexity index is 529. The molecular weight excluding hydrogens is 334 g/mol. The molecule has 2 bridgehead atoms. The highest BCUT2D eigenvalue weighted by Crippen LogP contribution is 2.55. The van der Waals surface area contributed by atoms with Gasteiger partial charge >= 0.3 is 5.97 Å². The molecule has 2 aliphatic carbocycles. The first-order chi connectivity index (χ1) is 12.2. The van der Waals surface area contributed by atoms with Gasteiger partial charge in [0.2, 0.25) is 0 Å². The van der Waals surface area contributed by atoms with Crippen molar-refractivity contribution in [2.45, 2.75) is 118 Å². The lowest BCUT2D eigenvalue weighted by Gasteiger charge is -2.47. The highest BCUT2D eigenvalue weighted by atomic mass is 16.6. The van der Waals surface area contributed by atoms with Gasteiger partial charge in [-0.25, -0.2) is 0 Å². The summed E-state index contributed by atoms with van der Waals surface area (Å²) < 4.78 is 6.50. The quantitative estimate of drug-likeness (QED) is 0.519. The molecule has 0 heterocycles. The molecule has 0 amide bonds. The van der Waals surface area contributed by atoms with Crippen molar-refractivity contribution in [3.63, 3.8) is 0 Å². The molecule has 0 aromatic rings. The fraction of sp³-hybridized carbons (Fsp3) is 0.958. The van der Waals surface area contributed by atoms with Crippen molar-refractivity contribution in [2.24, 2.45) is 34.3 Å². The van der Waals surface area contributed by atoms with E-state index >= 15 is 0 Å². The zero-order valence-electron chi connectivity index (χ0n) is 19.3. The van der Waals surface area contributed by atoms with Crippen LogP contribution in [0.5, 0.6) is 0 Å². The third kappa shape index (κ3) is 4.89. The summed E-state index contributed by atoms with van der Waals surface area (Å²) in [5.74, 6) is 2.02. The van der Waals surface area contributed by atoms with E-state index in [4.69, 9.17) is 10.5 Å². The van der Waals surface area contributed by atoms with Crippen LogP contribution in [0.4, 0.5) is 0 Å². The third-order valence-corrected chi connectivity index (χ3v) is 7.63. The van der Waals surface area contributed by atoms with Gasteiger partial charge in [-0.1, -0.05) is 40.5 Å². The molecule has 2 aliphatic rings. The van der Waals surface area contributed by atoms with Crippen LogP contribution in [0.15, 0.2) is 0 Å². The first-order valence-corrected chi connectivity index (χ1v) is 11.2. The Kier molecular flexibility index (Phi) is 6.47. The zero-order valence-corrected chi connectivity index (χ0v) is 19.3. The number of fused-ring (bicyclic) bond motifs is 2. The second kappa shape index (κ2) is 7.69. The average molecular weight is 380 g/mol. The van der Waals surface area contributed by atoms with Crippen molar-refractivity contribution in [1.82, 2.24) is 0 Å². The summed E-state index contributed by atoms with van der Waals surface area (Å²) in [6, 6.07) is 0. The minimum absolute atomic E-state index is 0.0106. The first-order valence-electron chi connectivity index (χ1n) is 11.2. The number of hydrogen-bond acceptors (Lipinski definition) is 3. The lowest BCUT2D eigenvalue weighted by Crippen LogP contribution is -2.58. The molecule has 0 spiro atoms. The van der Waals surface area contributed by atoms with Gasteiger partial charge in [-0.2, -0.15) is 0 Å². The molecule has 2 N–H and O–H groups in total. The monoisotopic (exact) mass is 379 g/mol. The van der Waals surface area contributed by atoms with Crippen LogP contribution < -0.4 is 5.73 Å². The number of unbranched alkanes of at least 4 members (excludes halogenated alkanes) is 1. The molecule has 2 saturated carbocycles. The summed E-state index contributed by atoms with van der Waals surface area (Å²) in [7, 11) is 0. The van der Waals surface area contributed by atoms with Gasteiger partial charge < -0.3 is 10.5 Å². The Morgan fingerprint density at radius 3 is 2.07 bits per heavy atom. The molecule has 158 valence electrons. The van der Waals surface area contributed by atoms with Crippen molar-refractivity contribution in [3.8, 4) is 0 Å². The first kappa shape index (κ1) is 22.7. The Morgan fingerprint density at radius 2 is 1.67 bits per heavy atom. The van der Waals surface area contributed by atoms with Crippen molar-refractivity contribution in [1.29, 1.82) is 0 Å². The zero-order chi connectivity index (χ0) is 20.7. The summed E-state index contributed by atoms with van der Waals surface area (Å²) in [6.45, 7) is 16.9. The third-order valence-electron chi connectivity index (χ3n) is 7.63. The highest BCUT2D eigenvalue weighted by molar-refractivity contribution is 5.78. The van der Waals surface area contributed by atoms with E-state index in [1.807, 2.05) is 20.8 Å². The highest BCUT2D eigenvalue weighted by Gasteiger charge is 2.54. The molecule has 2 fully saturated rings. The van der Waals surface area contributed by atoms with Crippen LogP contribution in [0, 0.1) is 28.6 Å². The molecule has 3 nitrogen and oxygen atoms in total. The van der Waals surface area contributed by atoms with Crippen LogP contribution in [0.25, 0.3) is 0 Å². The van der Waals surface area contributed by atoms with E-state index in [9.17, 15) is 4.79 Å².